The van der Waals surface area contributed by atoms with Crippen molar-refractivity contribution in [2.24, 2.45) is 0 Å². The van der Waals surface area contributed by atoms with Gasteiger partial charge in [0.25, 0.3) is 0 Å². The zero-order valence-electron chi connectivity index (χ0n) is 19.2. The third-order valence-electron chi connectivity index (χ3n) is 5.88. The molecule has 4 rings (SSSR count). The maximum atomic E-state index is 9.75. The highest BCUT2D eigenvalue weighted by Gasteiger charge is 2.29. The van der Waals surface area contributed by atoms with Crippen molar-refractivity contribution in [1.82, 2.24) is 4.98 Å². The average Bonchev–Trinajstić information content (AvgIpc) is 3.09. The summed E-state index contributed by atoms with van der Waals surface area (Å²) in [6.07, 6.45) is 1.94. The Bertz CT molecular complexity index is 1510. The second kappa shape index (κ2) is 9.72. The molecular weight excluding hydrogens is 483 g/mol. The van der Waals surface area contributed by atoms with E-state index < -0.39 is 0 Å². The van der Waals surface area contributed by atoms with E-state index in [0.717, 1.165) is 27.8 Å². The van der Waals surface area contributed by atoms with E-state index in [-0.39, 0.29) is 12.4 Å². The second-order valence-electron chi connectivity index (χ2n) is 7.94. The number of aromatic nitrogens is 1. The van der Waals surface area contributed by atoms with Crippen LogP contribution in [0.25, 0.3) is 17.2 Å². The minimum atomic E-state index is 0.120. The SMILES string of the molecule is COc1cc(/C=C2/C(C)=C(C#N)c3nc(N)c(C#N)c(C)c32)ccc1OCc1ccc(Cl)cc1Cl. The van der Waals surface area contributed by atoms with E-state index in [1.165, 1.54) is 0 Å². The van der Waals surface area contributed by atoms with Crippen molar-refractivity contribution < 1.29 is 9.47 Å². The number of anilines is 1. The summed E-state index contributed by atoms with van der Waals surface area (Å²) >= 11 is 12.2. The minimum absolute atomic E-state index is 0.120. The number of hydrogen-bond acceptors (Lipinski definition) is 6. The summed E-state index contributed by atoms with van der Waals surface area (Å²) in [5.74, 6) is 1.21. The van der Waals surface area contributed by atoms with E-state index in [0.29, 0.717) is 43.9 Å². The quantitative estimate of drug-likeness (QED) is 0.421. The summed E-state index contributed by atoms with van der Waals surface area (Å²) in [5.41, 5.74) is 11.9. The van der Waals surface area contributed by atoms with Crippen LogP contribution in [0.4, 0.5) is 5.82 Å². The van der Waals surface area contributed by atoms with E-state index in [4.69, 9.17) is 38.4 Å². The Morgan fingerprint density at radius 1 is 1.06 bits per heavy atom. The van der Waals surface area contributed by atoms with Crippen LogP contribution in [-0.2, 0) is 6.61 Å². The number of nitrogens with zero attached hydrogens (tertiary/aromatic N) is 3. The van der Waals surface area contributed by atoms with Gasteiger partial charge in [0.05, 0.1) is 23.9 Å². The van der Waals surface area contributed by atoms with Gasteiger partial charge in [-0.15, -0.1) is 0 Å². The summed E-state index contributed by atoms with van der Waals surface area (Å²) in [6.45, 7) is 3.92. The van der Waals surface area contributed by atoms with Crippen molar-refractivity contribution in [3.63, 3.8) is 0 Å². The molecule has 174 valence electrons. The van der Waals surface area contributed by atoms with Crippen LogP contribution in [-0.4, -0.2) is 12.1 Å². The molecule has 2 N–H and O–H groups in total. The van der Waals surface area contributed by atoms with E-state index >= 15 is 0 Å². The van der Waals surface area contributed by atoms with E-state index in [1.807, 2.05) is 44.2 Å². The Labute approximate surface area is 213 Å². The van der Waals surface area contributed by atoms with Gasteiger partial charge in [-0.1, -0.05) is 35.3 Å². The largest absolute Gasteiger partial charge is 0.493 e. The highest BCUT2D eigenvalue weighted by molar-refractivity contribution is 6.35. The Balaban J connectivity index is 1.72. The number of methoxy groups -OCH3 is 1. The van der Waals surface area contributed by atoms with Crippen molar-refractivity contribution in [2.45, 2.75) is 20.5 Å². The predicted octanol–water partition coefficient (Wildman–Crippen LogP) is 6.59. The predicted molar refractivity (Wildman–Crippen MR) is 138 cm³/mol. The Morgan fingerprint density at radius 2 is 1.83 bits per heavy atom. The van der Waals surface area contributed by atoms with Crippen molar-refractivity contribution in [3.05, 3.63) is 85.5 Å². The standard InChI is InChI=1S/C27H20Cl2N4O2/c1-14-19(25-15(2)21(12-31)27(32)33-26(25)20(14)11-30)8-16-4-7-23(24(9-16)34-3)35-13-17-5-6-18(28)10-22(17)29/h4-10H,13H2,1-3H3,(H2,32,33)/b19-8-. The topological polar surface area (TPSA) is 105 Å². The summed E-state index contributed by atoms with van der Waals surface area (Å²) in [6, 6.07) is 15.1. The molecule has 1 aliphatic rings. The number of nitrogens with two attached hydrogens (primary N) is 1. The molecule has 2 aromatic carbocycles. The molecule has 0 unspecified atom stereocenters. The number of nitriles is 2. The number of benzene rings is 2. The van der Waals surface area contributed by atoms with E-state index in [9.17, 15) is 10.5 Å². The molecule has 3 aromatic rings. The third kappa shape index (κ3) is 4.42. The molecular formula is C27H20Cl2N4O2. The highest BCUT2D eigenvalue weighted by atomic mass is 35.5. The van der Waals surface area contributed by atoms with Crippen LogP contribution in [0.2, 0.25) is 10.0 Å². The van der Waals surface area contributed by atoms with E-state index in [1.54, 1.807) is 19.2 Å². The Morgan fingerprint density at radius 3 is 2.49 bits per heavy atom. The van der Waals surface area contributed by atoms with Gasteiger partial charge in [-0.3, -0.25) is 0 Å². The number of nitrogen functional groups attached to an aromatic ring is 1. The zero-order chi connectivity index (χ0) is 25.3. The first-order valence-electron chi connectivity index (χ1n) is 10.6. The first-order valence-corrected chi connectivity index (χ1v) is 11.3. The lowest BCUT2D eigenvalue weighted by Crippen LogP contribution is -2.03. The summed E-state index contributed by atoms with van der Waals surface area (Å²) in [7, 11) is 1.56. The molecule has 0 atom stereocenters. The van der Waals surface area contributed by atoms with Gasteiger partial charge in [0.2, 0.25) is 0 Å². The molecule has 0 spiro atoms. The first kappa shape index (κ1) is 24.2. The lowest BCUT2D eigenvalue weighted by atomic mass is 9.95. The van der Waals surface area contributed by atoms with Crippen molar-refractivity contribution in [2.75, 3.05) is 12.8 Å². The number of fused-ring (bicyclic) bond motifs is 1. The van der Waals surface area contributed by atoms with Gasteiger partial charge in [-0.2, -0.15) is 10.5 Å². The minimum Gasteiger partial charge on any atom is -0.493 e. The maximum absolute atomic E-state index is 9.75. The lowest BCUT2D eigenvalue weighted by molar-refractivity contribution is 0.284. The van der Waals surface area contributed by atoms with Gasteiger partial charge in [-0.25, -0.2) is 4.98 Å². The molecule has 0 saturated heterocycles. The zero-order valence-corrected chi connectivity index (χ0v) is 20.8. The van der Waals surface area contributed by atoms with Gasteiger partial charge in [0, 0.05) is 21.2 Å². The number of hydrogen-bond donors (Lipinski definition) is 1. The molecule has 1 heterocycles. The van der Waals surface area contributed by atoms with Crippen LogP contribution in [0.3, 0.4) is 0 Å². The van der Waals surface area contributed by atoms with Crippen LogP contribution in [0.15, 0.2) is 42.0 Å². The molecule has 1 aromatic heterocycles. The molecule has 8 heteroatoms. The van der Waals surface area contributed by atoms with Gasteiger partial charge >= 0.3 is 0 Å². The van der Waals surface area contributed by atoms with Crippen LogP contribution in [0.5, 0.6) is 11.5 Å². The smallest absolute Gasteiger partial charge is 0.161 e. The van der Waals surface area contributed by atoms with Gasteiger partial charge in [-0.05, 0) is 66.5 Å². The van der Waals surface area contributed by atoms with Crippen molar-refractivity contribution in [3.8, 4) is 23.6 Å². The number of pyridine rings is 1. The fourth-order valence-corrected chi connectivity index (χ4v) is 4.51. The number of allylic oxidation sites excluding steroid dienone is 3. The van der Waals surface area contributed by atoms with Crippen LogP contribution in [0.1, 0.15) is 40.4 Å². The fraction of sp³-hybridized carbons (Fsp3) is 0.148. The third-order valence-corrected chi connectivity index (χ3v) is 6.47. The molecule has 0 saturated carbocycles. The Kier molecular flexibility index (Phi) is 6.71. The second-order valence-corrected chi connectivity index (χ2v) is 8.78. The van der Waals surface area contributed by atoms with Crippen molar-refractivity contribution >= 4 is 46.2 Å². The van der Waals surface area contributed by atoms with Crippen LogP contribution < -0.4 is 15.2 Å². The highest BCUT2D eigenvalue weighted by Crippen LogP contribution is 2.44. The molecule has 35 heavy (non-hydrogen) atoms. The van der Waals surface area contributed by atoms with Gasteiger partial charge < -0.3 is 15.2 Å². The molecule has 0 aliphatic heterocycles. The molecule has 1 aliphatic carbocycles. The maximum Gasteiger partial charge on any atom is 0.161 e. The monoisotopic (exact) mass is 502 g/mol. The Hall–Kier alpha value is -3.97. The van der Waals surface area contributed by atoms with Gasteiger partial charge in [0.15, 0.2) is 11.5 Å². The van der Waals surface area contributed by atoms with Crippen LogP contribution in [0, 0.1) is 29.6 Å². The summed E-state index contributed by atoms with van der Waals surface area (Å²) in [4.78, 5) is 4.36. The number of ether oxygens (including phenoxy) is 2. The summed E-state index contributed by atoms with van der Waals surface area (Å²) in [5, 5.41) is 20.4. The molecule has 6 nitrogen and oxygen atoms in total. The first-order chi connectivity index (χ1) is 16.8. The molecule has 0 bridgehead atoms. The molecule has 0 fully saturated rings. The van der Waals surface area contributed by atoms with Gasteiger partial charge in [0.1, 0.15) is 24.6 Å². The number of halogens is 2. The van der Waals surface area contributed by atoms with Crippen molar-refractivity contribution in [1.29, 1.82) is 10.5 Å². The fourth-order valence-electron chi connectivity index (χ4n) is 4.05. The molecule has 0 amide bonds. The normalized spacial score (nSPS) is 13.4. The summed E-state index contributed by atoms with van der Waals surface area (Å²) < 4.78 is 11.5. The van der Waals surface area contributed by atoms with E-state index in [2.05, 4.69) is 17.1 Å². The lowest BCUT2D eigenvalue weighted by Gasteiger charge is -2.13. The average molecular weight is 503 g/mol. The van der Waals surface area contributed by atoms with Crippen LogP contribution >= 0.6 is 23.2 Å². The molecule has 0 radical (unpaired) electrons. The number of rotatable bonds is 5.